The third-order valence-electron chi connectivity index (χ3n) is 6.26. The summed E-state index contributed by atoms with van der Waals surface area (Å²) in [6.45, 7) is 1.56. The van der Waals surface area contributed by atoms with Gasteiger partial charge in [-0.25, -0.2) is 9.18 Å². The predicted molar refractivity (Wildman–Crippen MR) is 98.4 cm³/mol. The highest BCUT2D eigenvalue weighted by Crippen LogP contribution is 2.42. The molecule has 0 aromatic rings. The zero-order valence-electron chi connectivity index (χ0n) is 15.6. The topological polar surface area (TPSA) is 109 Å². The molecule has 0 amide bonds. The number of nitrogens with zero attached hydrogens (tertiary/aromatic N) is 2. The van der Waals surface area contributed by atoms with E-state index in [-0.39, 0.29) is 36.9 Å². The van der Waals surface area contributed by atoms with E-state index in [1.54, 1.807) is 6.20 Å². The fourth-order valence-electron chi connectivity index (χ4n) is 4.59. The molecule has 1 aliphatic carbocycles. The van der Waals surface area contributed by atoms with Gasteiger partial charge in [0.2, 0.25) is 0 Å². The molecule has 152 valence electrons. The molecule has 1 spiro atoms. The second kappa shape index (κ2) is 6.35. The molecule has 0 aromatic heterocycles. The average molecular weight is 392 g/mol. The minimum atomic E-state index is -1.47. The first kappa shape index (κ1) is 18.2. The second-order valence-electron chi connectivity index (χ2n) is 8.27. The zero-order chi connectivity index (χ0) is 19.5. The van der Waals surface area contributed by atoms with Crippen LogP contribution < -0.4 is 11.1 Å². The van der Waals surface area contributed by atoms with Crippen LogP contribution in [0.15, 0.2) is 28.4 Å². The third kappa shape index (κ3) is 2.80. The quantitative estimate of drug-likeness (QED) is 0.591. The molecule has 4 aliphatic heterocycles. The number of ether oxygens (including phenoxy) is 2. The molecule has 4 unspecified atom stereocenters. The Morgan fingerprint density at radius 3 is 2.96 bits per heavy atom. The van der Waals surface area contributed by atoms with Crippen molar-refractivity contribution < 1.29 is 23.8 Å². The van der Waals surface area contributed by atoms with Crippen LogP contribution in [-0.2, 0) is 14.3 Å². The van der Waals surface area contributed by atoms with Crippen LogP contribution in [0.4, 0.5) is 4.39 Å². The molecule has 8 nitrogen and oxygen atoms in total. The van der Waals surface area contributed by atoms with Crippen LogP contribution in [0.2, 0.25) is 0 Å². The Hall–Kier alpha value is -1.81. The van der Waals surface area contributed by atoms with Gasteiger partial charge in [-0.3, -0.25) is 4.99 Å². The SMILES string of the molecule is NCC1(C2=NC3C(=CC2F)CC(C(=O)O)=CN3C2CC2)COC2(CCNC2)O1. The fourth-order valence-corrected chi connectivity index (χ4v) is 4.59. The molecule has 1 saturated carbocycles. The van der Waals surface area contributed by atoms with Crippen LogP contribution >= 0.6 is 0 Å². The summed E-state index contributed by atoms with van der Waals surface area (Å²) in [5.41, 5.74) is 6.16. The number of nitrogens with one attached hydrogen (secondary N) is 1. The first-order valence-corrected chi connectivity index (χ1v) is 9.84. The highest BCUT2D eigenvalue weighted by molar-refractivity contribution is 5.99. The monoisotopic (exact) mass is 392 g/mol. The van der Waals surface area contributed by atoms with Gasteiger partial charge >= 0.3 is 5.97 Å². The van der Waals surface area contributed by atoms with Crippen molar-refractivity contribution in [1.82, 2.24) is 10.2 Å². The van der Waals surface area contributed by atoms with Crippen LogP contribution in [0.3, 0.4) is 0 Å². The van der Waals surface area contributed by atoms with Crippen LogP contribution in [0, 0.1) is 0 Å². The van der Waals surface area contributed by atoms with Gasteiger partial charge in [0.1, 0.15) is 11.8 Å². The maximum atomic E-state index is 15.3. The molecule has 9 heteroatoms. The molecular formula is C19H25FN4O4. The maximum Gasteiger partial charge on any atom is 0.333 e. The Kier molecular flexibility index (Phi) is 4.13. The van der Waals surface area contributed by atoms with Crippen molar-refractivity contribution in [3.63, 3.8) is 0 Å². The standard InChI is InChI=1S/C19H25FN4O4/c20-14-6-11-5-12(17(25)26)7-24(13-1-2-13)16(11)23-15(14)18(8-21)10-27-19(28-18)3-4-22-9-19/h6-7,13-14,16,22H,1-5,8-10,21H2,(H,25,26). The molecule has 28 heavy (non-hydrogen) atoms. The molecule has 3 fully saturated rings. The average Bonchev–Trinajstić information content (AvgIpc) is 3.32. The van der Waals surface area contributed by atoms with Gasteiger partial charge < -0.3 is 30.5 Å². The zero-order valence-corrected chi connectivity index (χ0v) is 15.6. The number of nitrogens with two attached hydrogens (primary N) is 1. The number of dihydropyridines is 1. The van der Waals surface area contributed by atoms with Gasteiger partial charge in [-0.1, -0.05) is 0 Å². The number of fused-ring (bicyclic) bond motifs is 1. The van der Waals surface area contributed by atoms with Gasteiger partial charge in [0, 0.05) is 44.7 Å². The van der Waals surface area contributed by atoms with E-state index in [4.69, 9.17) is 20.2 Å². The van der Waals surface area contributed by atoms with E-state index in [1.807, 2.05) is 4.90 Å². The number of hydrogen-bond acceptors (Lipinski definition) is 7. The summed E-state index contributed by atoms with van der Waals surface area (Å²) in [5, 5.41) is 12.6. The molecule has 4 N–H and O–H groups in total. The van der Waals surface area contributed by atoms with Gasteiger partial charge in [-0.2, -0.15) is 0 Å². The van der Waals surface area contributed by atoms with Crippen molar-refractivity contribution in [3.8, 4) is 0 Å². The van der Waals surface area contributed by atoms with E-state index in [0.29, 0.717) is 18.5 Å². The van der Waals surface area contributed by atoms with Gasteiger partial charge in [-0.05, 0) is 24.5 Å². The minimum Gasteiger partial charge on any atom is -0.478 e. The van der Waals surface area contributed by atoms with Crippen LogP contribution in [0.1, 0.15) is 25.7 Å². The van der Waals surface area contributed by atoms with E-state index in [1.165, 1.54) is 6.08 Å². The summed E-state index contributed by atoms with van der Waals surface area (Å²) < 4.78 is 27.5. The lowest BCUT2D eigenvalue weighted by molar-refractivity contribution is -0.159. The Labute approximate surface area is 162 Å². The number of alkyl halides is 1. The highest BCUT2D eigenvalue weighted by Gasteiger charge is 2.56. The number of aliphatic carboxylic acids is 1. The molecule has 2 saturated heterocycles. The predicted octanol–water partition coefficient (Wildman–Crippen LogP) is 0.302. The molecule has 0 aromatic carbocycles. The van der Waals surface area contributed by atoms with Crippen molar-refractivity contribution >= 4 is 11.7 Å². The van der Waals surface area contributed by atoms with Crippen molar-refractivity contribution in [2.75, 3.05) is 26.2 Å². The number of carboxylic acid groups (broad SMARTS) is 1. The smallest absolute Gasteiger partial charge is 0.333 e. The number of carbonyl (C=O) groups is 1. The van der Waals surface area contributed by atoms with Crippen LogP contribution in [0.5, 0.6) is 0 Å². The van der Waals surface area contributed by atoms with Gasteiger partial charge in [0.05, 0.1) is 17.9 Å². The molecule has 4 atom stereocenters. The number of rotatable bonds is 4. The Bertz CT molecular complexity index is 787. The molecule has 0 radical (unpaired) electrons. The van der Waals surface area contributed by atoms with E-state index < -0.39 is 29.7 Å². The summed E-state index contributed by atoms with van der Waals surface area (Å²) in [4.78, 5) is 18.2. The van der Waals surface area contributed by atoms with Crippen molar-refractivity contribution in [2.45, 2.75) is 55.5 Å². The van der Waals surface area contributed by atoms with Gasteiger partial charge in [0.25, 0.3) is 0 Å². The Morgan fingerprint density at radius 1 is 1.50 bits per heavy atom. The number of halogens is 1. The largest absolute Gasteiger partial charge is 0.478 e. The van der Waals surface area contributed by atoms with E-state index in [2.05, 4.69) is 5.32 Å². The molecule has 5 rings (SSSR count). The fraction of sp³-hybridized carbons (Fsp3) is 0.684. The van der Waals surface area contributed by atoms with E-state index in [0.717, 1.165) is 19.4 Å². The molecular weight excluding hydrogens is 367 g/mol. The number of allylic oxidation sites excluding steroid dienone is 1. The van der Waals surface area contributed by atoms with Gasteiger partial charge in [-0.15, -0.1) is 0 Å². The Balaban J connectivity index is 1.50. The number of carboxylic acids is 1. The summed E-state index contributed by atoms with van der Waals surface area (Å²) in [7, 11) is 0. The first-order chi connectivity index (χ1) is 13.5. The number of hydrogen-bond donors (Lipinski definition) is 3. The lowest BCUT2D eigenvalue weighted by Gasteiger charge is -2.40. The Morgan fingerprint density at radius 2 is 2.32 bits per heavy atom. The summed E-state index contributed by atoms with van der Waals surface area (Å²) in [6.07, 6.45) is 4.13. The van der Waals surface area contributed by atoms with Crippen LogP contribution in [0.25, 0.3) is 0 Å². The lowest BCUT2D eigenvalue weighted by atomic mass is 9.88. The minimum absolute atomic E-state index is 0.0730. The summed E-state index contributed by atoms with van der Waals surface area (Å²) in [6, 6.07) is 0.240. The summed E-state index contributed by atoms with van der Waals surface area (Å²) >= 11 is 0. The summed E-state index contributed by atoms with van der Waals surface area (Å²) in [5.74, 6) is -1.75. The normalized spacial score (nSPS) is 40.2. The number of aliphatic imine (C=N–C) groups is 1. The second-order valence-corrected chi connectivity index (χ2v) is 8.27. The van der Waals surface area contributed by atoms with Crippen molar-refractivity contribution in [3.05, 3.63) is 23.4 Å². The third-order valence-corrected chi connectivity index (χ3v) is 6.26. The molecule has 4 heterocycles. The van der Waals surface area contributed by atoms with E-state index >= 15 is 4.39 Å². The lowest BCUT2D eigenvalue weighted by Crippen LogP contribution is -2.55. The van der Waals surface area contributed by atoms with Crippen LogP contribution in [-0.4, -0.2) is 77.7 Å². The van der Waals surface area contributed by atoms with Crippen molar-refractivity contribution in [1.29, 1.82) is 0 Å². The maximum absolute atomic E-state index is 15.3. The first-order valence-electron chi connectivity index (χ1n) is 9.84. The molecule has 5 aliphatic rings. The highest BCUT2D eigenvalue weighted by atomic mass is 19.1. The van der Waals surface area contributed by atoms with Crippen molar-refractivity contribution in [2.24, 2.45) is 10.7 Å². The van der Waals surface area contributed by atoms with E-state index in [9.17, 15) is 9.90 Å². The molecule has 0 bridgehead atoms. The van der Waals surface area contributed by atoms with Gasteiger partial charge in [0.15, 0.2) is 12.0 Å².